The molecule has 0 amide bonds. The second kappa shape index (κ2) is 6.33. The largest absolute Gasteiger partial charge is 0.480 e. The Morgan fingerprint density at radius 2 is 2.35 bits per heavy atom. The second-order valence-corrected chi connectivity index (χ2v) is 4.98. The summed E-state index contributed by atoms with van der Waals surface area (Å²) in [5.41, 5.74) is -0.868. The molecule has 1 rings (SSSR count). The first-order valence-electron chi connectivity index (χ1n) is 6.30. The predicted octanol–water partition coefficient (Wildman–Crippen LogP) is 0.550. The van der Waals surface area contributed by atoms with Crippen LogP contribution in [0.3, 0.4) is 0 Å². The van der Waals surface area contributed by atoms with Crippen LogP contribution in [0.1, 0.15) is 27.2 Å². The van der Waals surface area contributed by atoms with E-state index in [-0.39, 0.29) is 6.10 Å². The molecule has 100 valence electrons. The quantitative estimate of drug-likeness (QED) is 0.714. The molecule has 2 unspecified atom stereocenters. The van der Waals surface area contributed by atoms with Crippen molar-refractivity contribution in [2.45, 2.75) is 38.8 Å². The number of carbonyl (C=O) groups is 1. The van der Waals surface area contributed by atoms with E-state index < -0.39 is 11.5 Å². The summed E-state index contributed by atoms with van der Waals surface area (Å²) in [6, 6.07) is 0. The van der Waals surface area contributed by atoms with E-state index in [2.05, 4.69) is 10.2 Å². The van der Waals surface area contributed by atoms with Crippen LogP contribution in [0, 0.1) is 0 Å². The molecular weight excluding hydrogens is 220 g/mol. The van der Waals surface area contributed by atoms with Crippen molar-refractivity contribution in [3.8, 4) is 0 Å². The number of morpholine rings is 1. The van der Waals surface area contributed by atoms with Crippen LogP contribution in [0.25, 0.3) is 0 Å². The fraction of sp³-hybridized carbons (Fsp3) is 0.917. The fourth-order valence-electron chi connectivity index (χ4n) is 2.08. The van der Waals surface area contributed by atoms with Gasteiger partial charge in [-0.05, 0) is 26.8 Å². The first-order chi connectivity index (χ1) is 7.98. The SMILES string of the molecule is CCCNC(C)(CN1CCOC(C)C1)C(=O)O. The number of carboxylic acid groups (broad SMARTS) is 1. The molecule has 0 radical (unpaired) electrons. The second-order valence-electron chi connectivity index (χ2n) is 4.98. The van der Waals surface area contributed by atoms with Crippen molar-refractivity contribution >= 4 is 5.97 Å². The maximum Gasteiger partial charge on any atom is 0.324 e. The van der Waals surface area contributed by atoms with Crippen molar-refractivity contribution in [1.29, 1.82) is 0 Å². The maximum absolute atomic E-state index is 11.4. The molecule has 2 N–H and O–H groups in total. The van der Waals surface area contributed by atoms with Gasteiger partial charge >= 0.3 is 5.97 Å². The number of aliphatic carboxylic acids is 1. The molecule has 0 aromatic carbocycles. The van der Waals surface area contributed by atoms with E-state index in [0.717, 1.165) is 26.1 Å². The zero-order valence-electron chi connectivity index (χ0n) is 11.0. The smallest absolute Gasteiger partial charge is 0.324 e. The van der Waals surface area contributed by atoms with Gasteiger partial charge in [-0.15, -0.1) is 0 Å². The van der Waals surface area contributed by atoms with Crippen LogP contribution >= 0.6 is 0 Å². The first-order valence-corrected chi connectivity index (χ1v) is 6.30. The van der Waals surface area contributed by atoms with E-state index in [9.17, 15) is 9.90 Å². The predicted molar refractivity (Wildman–Crippen MR) is 66.2 cm³/mol. The van der Waals surface area contributed by atoms with Crippen LogP contribution < -0.4 is 5.32 Å². The summed E-state index contributed by atoms with van der Waals surface area (Å²) in [6.45, 7) is 9.35. The summed E-state index contributed by atoms with van der Waals surface area (Å²) in [4.78, 5) is 13.5. The third-order valence-electron chi connectivity index (χ3n) is 3.10. The lowest BCUT2D eigenvalue weighted by atomic mass is 10.0. The number of nitrogens with one attached hydrogen (secondary N) is 1. The van der Waals surface area contributed by atoms with E-state index in [1.165, 1.54) is 0 Å². The van der Waals surface area contributed by atoms with E-state index >= 15 is 0 Å². The van der Waals surface area contributed by atoms with Gasteiger partial charge < -0.3 is 15.2 Å². The van der Waals surface area contributed by atoms with Gasteiger partial charge in [0.05, 0.1) is 12.7 Å². The molecule has 1 aliphatic rings. The number of hydrogen-bond donors (Lipinski definition) is 2. The van der Waals surface area contributed by atoms with E-state index in [1.54, 1.807) is 6.92 Å². The molecule has 0 bridgehead atoms. The Balaban J connectivity index is 2.56. The van der Waals surface area contributed by atoms with Gasteiger partial charge in [0.1, 0.15) is 5.54 Å². The van der Waals surface area contributed by atoms with Gasteiger partial charge in [-0.3, -0.25) is 9.69 Å². The topological polar surface area (TPSA) is 61.8 Å². The minimum atomic E-state index is -0.868. The third kappa shape index (κ3) is 4.26. The Morgan fingerprint density at radius 1 is 1.65 bits per heavy atom. The zero-order valence-corrected chi connectivity index (χ0v) is 11.0. The molecule has 0 saturated carbocycles. The molecule has 1 heterocycles. The summed E-state index contributed by atoms with van der Waals surface area (Å²) in [7, 11) is 0. The van der Waals surface area contributed by atoms with Gasteiger partial charge in [-0.25, -0.2) is 0 Å². The van der Waals surface area contributed by atoms with E-state index in [1.807, 2.05) is 13.8 Å². The standard InChI is InChI=1S/C12H24N2O3/c1-4-5-13-12(3,11(15)16)9-14-6-7-17-10(2)8-14/h10,13H,4-9H2,1-3H3,(H,15,16). The van der Waals surface area contributed by atoms with Crippen LogP contribution in [0.15, 0.2) is 0 Å². The highest BCUT2D eigenvalue weighted by Gasteiger charge is 2.35. The minimum Gasteiger partial charge on any atom is -0.480 e. The van der Waals surface area contributed by atoms with Crippen molar-refractivity contribution in [2.24, 2.45) is 0 Å². The van der Waals surface area contributed by atoms with Crippen molar-refractivity contribution in [1.82, 2.24) is 10.2 Å². The lowest BCUT2D eigenvalue weighted by Crippen LogP contribution is -2.59. The molecule has 2 atom stereocenters. The van der Waals surface area contributed by atoms with Crippen molar-refractivity contribution < 1.29 is 14.6 Å². The van der Waals surface area contributed by atoms with Crippen molar-refractivity contribution in [3.05, 3.63) is 0 Å². The molecule has 5 heteroatoms. The highest BCUT2D eigenvalue weighted by molar-refractivity contribution is 5.78. The minimum absolute atomic E-state index is 0.188. The van der Waals surface area contributed by atoms with E-state index in [0.29, 0.717) is 13.2 Å². The van der Waals surface area contributed by atoms with E-state index in [4.69, 9.17) is 4.74 Å². The summed E-state index contributed by atoms with van der Waals surface area (Å²) in [5, 5.41) is 12.5. The first kappa shape index (κ1) is 14.4. The zero-order chi connectivity index (χ0) is 12.9. The van der Waals surface area contributed by atoms with Gasteiger partial charge in [0.25, 0.3) is 0 Å². The van der Waals surface area contributed by atoms with Crippen LogP contribution in [-0.4, -0.2) is 60.4 Å². The Morgan fingerprint density at radius 3 is 2.88 bits per heavy atom. The lowest BCUT2D eigenvalue weighted by molar-refractivity contribution is -0.146. The summed E-state index contributed by atoms with van der Waals surface area (Å²) < 4.78 is 5.45. The Labute approximate surface area is 103 Å². The van der Waals surface area contributed by atoms with Gasteiger partial charge in [0.2, 0.25) is 0 Å². The highest BCUT2D eigenvalue weighted by Crippen LogP contribution is 2.12. The average molecular weight is 244 g/mol. The molecule has 17 heavy (non-hydrogen) atoms. The lowest BCUT2D eigenvalue weighted by Gasteiger charge is -2.37. The molecular formula is C12H24N2O3. The highest BCUT2D eigenvalue weighted by atomic mass is 16.5. The molecule has 0 aromatic heterocycles. The summed E-state index contributed by atoms with van der Waals surface area (Å²) in [6.07, 6.45) is 1.12. The van der Waals surface area contributed by atoms with Gasteiger partial charge in [0.15, 0.2) is 0 Å². The van der Waals surface area contributed by atoms with Gasteiger partial charge in [-0.2, -0.15) is 0 Å². The van der Waals surface area contributed by atoms with Crippen molar-refractivity contribution in [3.63, 3.8) is 0 Å². The Bertz CT molecular complexity index is 260. The Hall–Kier alpha value is -0.650. The van der Waals surface area contributed by atoms with Crippen LogP contribution in [0.2, 0.25) is 0 Å². The molecule has 5 nitrogen and oxygen atoms in total. The molecule has 1 fully saturated rings. The normalized spacial score (nSPS) is 25.5. The van der Waals surface area contributed by atoms with Crippen LogP contribution in [-0.2, 0) is 9.53 Å². The van der Waals surface area contributed by atoms with Crippen LogP contribution in [0.5, 0.6) is 0 Å². The Kier molecular flexibility index (Phi) is 5.36. The third-order valence-corrected chi connectivity index (χ3v) is 3.10. The summed E-state index contributed by atoms with van der Waals surface area (Å²) >= 11 is 0. The van der Waals surface area contributed by atoms with Gasteiger partial charge in [-0.1, -0.05) is 6.92 Å². The number of rotatable bonds is 6. The molecule has 1 saturated heterocycles. The van der Waals surface area contributed by atoms with Crippen molar-refractivity contribution in [2.75, 3.05) is 32.8 Å². The number of hydrogen-bond acceptors (Lipinski definition) is 4. The number of ether oxygens (including phenoxy) is 1. The fourth-order valence-corrected chi connectivity index (χ4v) is 2.08. The number of carboxylic acids is 1. The van der Waals surface area contributed by atoms with Crippen LogP contribution in [0.4, 0.5) is 0 Å². The van der Waals surface area contributed by atoms with Gasteiger partial charge in [0, 0.05) is 19.6 Å². The summed E-state index contributed by atoms with van der Waals surface area (Å²) in [5.74, 6) is -0.787. The average Bonchev–Trinajstić information content (AvgIpc) is 2.26. The number of nitrogens with zero attached hydrogens (tertiary/aromatic N) is 1. The monoisotopic (exact) mass is 244 g/mol. The maximum atomic E-state index is 11.4. The molecule has 0 aromatic rings. The molecule has 0 aliphatic carbocycles. The molecule has 1 aliphatic heterocycles. The molecule has 0 spiro atoms.